The first-order chi connectivity index (χ1) is 10.4. The number of anilines is 1. The summed E-state index contributed by atoms with van der Waals surface area (Å²) in [6, 6.07) is 6.25. The van der Waals surface area contributed by atoms with Crippen molar-refractivity contribution < 1.29 is 15.0 Å². The predicted molar refractivity (Wildman–Crippen MR) is 85.5 cm³/mol. The SMILES string of the molecule is O=C(O)c1nc(Cl)c(Cl)c(NN=Cc2ccc(O)cc2)c1Cl. The fourth-order valence-electron chi connectivity index (χ4n) is 1.49. The summed E-state index contributed by atoms with van der Waals surface area (Å²) in [6.45, 7) is 0. The van der Waals surface area contributed by atoms with Crippen molar-refractivity contribution in [3.05, 3.63) is 50.7 Å². The quantitative estimate of drug-likeness (QED) is 0.437. The molecule has 0 aliphatic rings. The number of phenolic OH excluding ortho intramolecular Hbond substituents is 1. The molecule has 1 aromatic carbocycles. The number of hydrazone groups is 1. The second-order valence-corrected chi connectivity index (χ2v) is 5.13. The fraction of sp³-hybridized carbons (Fsp3) is 0. The molecule has 3 N–H and O–H groups in total. The van der Waals surface area contributed by atoms with Crippen LogP contribution in [0.1, 0.15) is 16.1 Å². The first kappa shape index (κ1) is 16.4. The van der Waals surface area contributed by atoms with E-state index in [2.05, 4.69) is 15.5 Å². The van der Waals surface area contributed by atoms with Gasteiger partial charge in [0.05, 0.1) is 11.9 Å². The molecule has 0 aliphatic heterocycles. The predicted octanol–water partition coefficient (Wildman–Crippen LogP) is 3.89. The lowest BCUT2D eigenvalue weighted by Crippen LogP contribution is -2.05. The van der Waals surface area contributed by atoms with Crippen LogP contribution < -0.4 is 5.43 Å². The van der Waals surface area contributed by atoms with E-state index in [9.17, 15) is 9.90 Å². The van der Waals surface area contributed by atoms with E-state index in [-0.39, 0.29) is 26.6 Å². The standard InChI is InChI=1S/C13H8Cl3N3O3/c14-8-10(9(15)12(16)18-11(8)13(21)22)19-17-5-6-1-3-7(20)4-2-6/h1-5,20H,(H,18,19)(H,21,22). The molecule has 9 heteroatoms. The summed E-state index contributed by atoms with van der Waals surface area (Å²) in [7, 11) is 0. The maximum atomic E-state index is 11.0. The van der Waals surface area contributed by atoms with E-state index in [4.69, 9.17) is 39.9 Å². The van der Waals surface area contributed by atoms with Crippen LogP contribution in [0.2, 0.25) is 15.2 Å². The molecule has 0 bridgehead atoms. The van der Waals surface area contributed by atoms with Gasteiger partial charge in [0.15, 0.2) is 10.8 Å². The van der Waals surface area contributed by atoms with Crippen molar-refractivity contribution in [3.8, 4) is 5.75 Å². The lowest BCUT2D eigenvalue weighted by Gasteiger charge is -2.09. The van der Waals surface area contributed by atoms with E-state index in [0.29, 0.717) is 5.56 Å². The number of hydrogen-bond acceptors (Lipinski definition) is 5. The van der Waals surface area contributed by atoms with Gasteiger partial charge in [0.2, 0.25) is 0 Å². The summed E-state index contributed by atoms with van der Waals surface area (Å²) in [5.74, 6) is -1.21. The van der Waals surface area contributed by atoms with Gasteiger partial charge in [0.1, 0.15) is 15.8 Å². The van der Waals surface area contributed by atoms with Crippen molar-refractivity contribution in [3.63, 3.8) is 0 Å². The molecule has 0 saturated carbocycles. The number of hydrogen-bond donors (Lipinski definition) is 3. The van der Waals surface area contributed by atoms with Gasteiger partial charge < -0.3 is 10.2 Å². The van der Waals surface area contributed by atoms with Gasteiger partial charge in [-0.05, 0) is 29.8 Å². The second kappa shape index (κ2) is 6.83. The van der Waals surface area contributed by atoms with E-state index in [0.717, 1.165) is 0 Å². The Morgan fingerprint density at radius 3 is 2.41 bits per heavy atom. The zero-order chi connectivity index (χ0) is 16.3. The Hall–Kier alpha value is -2.02. The summed E-state index contributed by atoms with van der Waals surface area (Å²) < 4.78 is 0. The van der Waals surface area contributed by atoms with Crippen molar-refractivity contribution in [1.82, 2.24) is 4.98 Å². The van der Waals surface area contributed by atoms with E-state index in [1.165, 1.54) is 18.3 Å². The molecule has 0 spiro atoms. The largest absolute Gasteiger partial charge is 0.508 e. The number of benzene rings is 1. The number of carbonyl (C=O) groups is 1. The highest BCUT2D eigenvalue weighted by Gasteiger charge is 2.20. The average molecular weight is 361 g/mol. The molecule has 22 heavy (non-hydrogen) atoms. The molecule has 2 aromatic rings. The normalized spacial score (nSPS) is 10.9. The minimum atomic E-state index is -1.34. The van der Waals surface area contributed by atoms with Crippen LogP contribution in [0, 0.1) is 0 Å². The highest BCUT2D eigenvalue weighted by Crippen LogP contribution is 2.36. The zero-order valence-electron chi connectivity index (χ0n) is 10.7. The van der Waals surface area contributed by atoms with Gasteiger partial charge in [0, 0.05) is 0 Å². The maximum absolute atomic E-state index is 11.0. The van der Waals surface area contributed by atoms with Crippen LogP contribution in [0.5, 0.6) is 5.75 Å². The van der Waals surface area contributed by atoms with Crippen molar-refractivity contribution in [2.45, 2.75) is 0 Å². The molecule has 2 rings (SSSR count). The van der Waals surface area contributed by atoms with E-state index in [1.54, 1.807) is 12.1 Å². The lowest BCUT2D eigenvalue weighted by atomic mass is 10.2. The number of aromatic carboxylic acids is 1. The Bertz CT molecular complexity index is 748. The van der Waals surface area contributed by atoms with Crippen molar-refractivity contribution in [2.24, 2.45) is 5.10 Å². The third kappa shape index (κ3) is 3.59. The minimum Gasteiger partial charge on any atom is -0.508 e. The van der Waals surface area contributed by atoms with E-state index < -0.39 is 11.7 Å². The fourth-order valence-corrected chi connectivity index (χ4v) is 2.15. The van der Waals surface area contributed by atoms with Gasteiger partial charge in [-0.3, -0.25) is 5.43 Å². The van der Waals surface area contributed by atoms with Gasteiger partial charge in [-0.15, -0.1) is 0 Å². The smallest absolute Gasteiger partial charge is 0.356 e. The van der Waals surface area contributed by atoms with Crippen LogP contribution in [0.25, 0.3) is 0 Å². The molecule has 114 valence electrons. The Balaban J connectivity index is 2.29. The molecule has 6 nitrogen and oxygen atoms in total. The van der Waals surface area contributed by atoms with Gasteiger partial charge in [0.25, 0.3) is 0 Å². The van der Waals surface area contributed by atoms with Gasteiger partial charge >= 0.3 is 5.97 Å². The number of halogens is 3. The topological polar surface area (TPSA) is 94.8 Å². The van der Waals surface area contributed by atoms with Gasteiger partial charge in [-0.25, -0.2) is 9.78 Å². The number of aromatic nitrogens is 1. The molecular weight excluding hydrogens is 353 g/mol. The first-order valence-corrected chi connectivity index (χ1v) is 6.89. The molecule has 0 fully saturated rings. The molecule has 0 atom stereocenters. The number of nitrogens with zero attached hydrogens (tertiary/aromatic N) is 2. The van der Waals surface area contributed by atoms with E-state index in [1.807, 2.05) is 0 Å². The maximum Gasteiger partial charge on any atom is 0.356 e. The third-order valence-electron chi connectivity index (χ3n) is 2.52. The Morgan fingerprint density at radius 2 is 1.82 bits per heavy atom. The molecule has 1 heterocycles. The highest BCUT2D eigenvalue weighted by molar-refractivity contribution is 6.46. The zero-order valence-corrected chi connectivity index (χ0v) is 13.0. The molecular formula is C13H8Cl3N3O3. The highest BCUT2D eigenvalue weighted by atomic mass is 35.5. The van der Waals surface area contributed by atoms with Crippen LogP contribution in [0.15, 0.2) is 29.4 Å². The van der Waals surface area contributed by atoms with Gasteiger partial charge in [-0.2, -0.15) is 5.10 Å². The number of rotatable bonds is 4. The molecule has 0 aliphatic carbocycles. The number of carboxylic acids is 1. The number of phenols is 1. The van der Waals surface area contributed by atoms with Crippen LogP contribution in [0.4, 0.5) is 5.69 Å². The number of aromatic hydroxyl groups is 1. The summed E-state index contributed by atoms with van der Waals surface area (Å²) in [5, 5.41) is 21.6. The van der Waals surface area contributed by atoms with Gasteiger partial charge in [-0.1, -0.05) is 34.8 Å². The van der Waals surface area contributed by atoms with Crippen LogP contribution in [-0.2, 0) is 0 Å². The number of pyridine rings is 1. The molecule has 0 radical (unpaired) electrons. The molecule has 1 aromatic heterocycles. The van der Waals surface area contributed by atoms with E-state index >= 15 is 0 Å². The molecule has 0 amide bonds. The van der Waals surface area contributed by atoms with Crippen molar-refractivity contribution in [1.29, 1.82) is 0 Å². The Morgan fingerprint density at radius 1 is 1.18 bits per heavy atom. The average Bonchev–Trinajstić information content (AvgIpc) is 2.48. The molecule has 0 unspecified atom stereocenters. The monoisotopic (exact) mass is 359 g/mol. The number of carboxylic acid groups (broad SMARTS) is 1. The van der Waals surface area contributed by atoms with Crippen LogP contribution in [-0.4, -0.2) is 27.4 Å². The second-order valence-electron chi connectivity index (χ2n) is 4.02. The molecule has 0 saturated heterocycles. The first-order valence-electron chi connectivity index (χ1n) is 5.76. The number of nitrogens with one attached hydrogen (secondary N) is 1. The van der Waals surface area contributed by atoms with Crippen molar-refractivity contribution >= 4 is 52.7 Å². The van der Waals surface area contributed by atoms with Crippen LogP contribution in [0.3, 0.4) is 0 Å². The Kier molecular flexibility index (Phi) is 5.07. The minimum absolute atomic E-state index is 0.0377. The van der Waals surface area contributed by atoms with Crippen molar-refractivity contribution in [2.75, 3.05) is 5.43 Å². The summed E-state index contributed by atoms with van der Waals surface area (Å²) >= 11 is 17.6. The summed E-state index contributed by atoms with van der Waals surface area (Å²) in [5.41, 5.74) is 2.83. The van der Waals surface area contributed by atoms with Crippen LogP contribution >= 0.6 is 34.8 Å². The third-order valence-corrected chi connectivity index (χ3v) is 3.63. The summed E-state index contributed by atoms with van der Waals surface area (Å²) in [6.07, 6.45) is 1.43. The Labute approximate surface area is 140 Å². The summed E-state index contributed by atoms with van der Waals surface area (Å²) in [4.78, 5) is 14.6. The lowest BCUT2D eigenvalue weighted by molar-refractivity contribution is 0.0691.